The molecule has 0 unspecified atom stereocenters. The molecule has 10 heteroatoms. The zero-order chi connectivity index (χ0) is 29.1. The minimum absolute atomic E-state index is 0.0325. The van der Waals surface area contributed by atoms with E-state index in [1.54, 1.807) is 16.2 Å². The molecule has 3 heterocycles. The highest BCUT2D eigenvalue weighted by Gasteiger charge is 2.52. The van der Waals surface area contributed by atoms with Gasteiger partial charge in [-0.1, -0.05) is 79.7 Å². The number of amides is 4. The summed E-state index contributed by atoms with van der Waals surface area (Å²) in [6, 6.07) is 24.4. The van der Waals surface area contributed by atoms with E-state index in [2.05, 4.69) is 15.3 Å². The van der Waals surface area contributed by atoms with Gasteiger partial charge in [-0.3, -0.25) is 14.6 Å². The highest BCUT2D eigenvalue weighted by atomic mass is 16.2. The summed E-state index contributed by atoms with van der Waals surface area (Å²) in [4.78, 5) is 52.4. The maximum Gasteiger partial charge on any atom is 0.332 e. The molecule has 0 bridgehead atoms. The van der Waals surface area contributed by atoms with E-state index in [0.29, 0.717) is 32.5 Å². The average Bonchev–Trinajstić information content (AvgIpc) is 3.63. The molecule has 2 atom stereocenters. The first-order chi connectivity index (χ1) is 20.5. The second kappa shape index (κ2) is 12.0. The molecule has 4 amide bonds. The molecule has 2 saturated heterocycles. The molecule has 0 aliphatic carbocycles. The number of hydrogen-bond acceptors (Lipinski definition) is 5. The van der Waals surface area contributed by atoms with Crippen molar-refractivity contribution < 1.29 is 14.4 Å². The fourth-order valence-electron chi connectivity index (χ4n) is 6.01. The van der Waals surface area contributed by atoms with Gasteiger partial charge in [0.15, 0.2) is 0 Å². The van der Waals surface area contributed by atoms with Crippen molar-refractivity contribution in [1.29, 1.82) is 0 Å². The molecule has 10 nitrogen and oxygen atoms in total. The van der Waals surface area contributed by atoms with Crippen molar-refractivity contribution in [2.45, 2.75) is 45.1 Å². The summed E-state index contributed by atoms with van der Waals surface area (Å²) in [6.07, 6.45) is 2.29. The summed E-state index contributed by atoms with van der Waals surface area (Å²) in [5.74, 6) is -0.256. The van der Waals surface area contributed by atoms with E-state index in [0.717, 1.165) is 27.7 Å². The Morgan fingerprint density at radius 2 is 1.74 bits per heavy atom. The molecule has 2 N–H and O–H groups in total. The summed E-state index contributed by atoms with van der Waals surface area (Å²) < 4.78 is 0. The number of hydrogen-bond donors (Lipinski definition) is 2. The summed E-state index contributed by atoms with van der Waals surface area (Å²) in [7, 11) is 0. The van der Waals surface area contributed by atoms with Gasteiger partial charge in [-0.2, -0.15) is 5.01 Å². The predicted molar refractivity (Wildman–Crippen MR) is 158 cm³/mol. The van der Waals surface area contributed by atoms with Crippen molar-refractivity contribution in [1.82, 2.24) is 35.1 Å². The van der Waals surface area contributed by atoms with Crippen LogP contribution in [0.5, 0.6) is 0 Å². The number of para-hydroxylation sites is 1. The number of aromatic nitrogens is 2. The molecule has 4 aromatic rings. The standard InChI is InChI=1S/C32H35N7O3/c1-2-16-37(32(42)33-18-24-12-7-4-8-13-24)38-21-29(40)39-27(17-23-10-5-3-6-11-23)31(41)36(20-28(38)39)19-25-14-9-15-26-30(25)35-22-34-26/h3-15,22,27-28H,2,16-21H2,1H3,(H,33,42)(H,34,35)/t27-,28+/m0/s1. The van der Waals surface area contributed by atoms with Crippen LogP contribution < -0.4 is 5.32 Å². The third-order valence-electron chi connectivity index (χ3n) is 8.00. The number of hydrazine groups is 1. The van der Waals surface area contributed by atoms with Gasteiger partial charge in [0.05, 0.1) is 30.5 Å². The summed E-state index contributed by atoms with van der Waals surface area (Å²) in [5.41, 5.74) is 4.62. The molecule has 6 rings (SSSR count). The molecule has 2 aliphatic heterocycles. The van der Waals surface area contributed by atoms with Crippen LogP contribution in [-0.2, 0) is 29.1 Å². The number of urea groups is 1. The Morgan fingerprint density at radius 1 is 1.00 bits per heavy atom. The number of benzene rings is 3. The Morgan fingerprint density at radius 3 is 2.48 bits per heavy atom. The molecule has 216 valence electrons. The van der Waals surface area contributed by atoms with Gasteiger partial charge in [-0.05, 0) is 29.2 Å². The van der Waals surface area contributed by atoms with Crippen molar-refractivity contribution in [3.63, 3.8) is 0 Å². The Hall–Kier alpha value is -4.70. The predicted octanol–water partition coefficient (Wildman–Crippen LogP) is 3.52. The van der Waals surface area contributed by atoms with Crippen molar-refractivity contribution in [3.05, 3.63) is 102 Å². The fraction of sp³-hybridized carbons (Fsp3) is 0.312. The van der Waals surface area contributed by atoms with Crippen molar-refractivity contribution in [2.24, 2.45) is 0 Å². The van der Waals surface area contributed by atoms with Crippen molar-refractivity contribution in [3.8, 4) is 0 Å². The number of carbonyl (C=O) groups is 3. The van der Waals surface area contributed by atoms with Crippen LogP contribution in [0.25, 0.3) is 11.0 Å². The van der Waals surface area contributed by atoms with Crippen LogP contribution in [0.1, 0.15) is 30.0 Å². The van der Waals surface area contributed by atoms with E-state index >= 15 is 0 Å². The minimum Gasteiger partial charge on any atom is -0.345 e. The topological polar surface area (TPSA) is 105 Å². The number of aromatic amines is 1. The van der Waals surface area contributed by atoms with Gasteiger partial charge in [0.25, 0.3) is 0 Å². The molecule has 1 aromatic heterocycles. The highest BCUT2D eigenvalue weighted by Crippen LogP contribution is 2.31. The lowest BCUT2D eigenvalue weighted by Gasteiger charge is -2.46. The fourth-order valence-corrected chi connectivity index (χ4v) is 6.01. The number of carbonyl (C=O) groups excluding carboxylic acids is 3. The van der Waals surface area contributed by atoms with Crippen LogP contribution in [0.4, 0.5) is 4.79 Å². The van der Waals surface area contributed by atoms with E-state index in [1.165, 1.54) is 0 Å². The van der Waals surface area contributed by atoms with Crippen LogP contribution in [-0.4, -0.2) is 79.5 Å². The smallest absolute Gasteiger partial charge is 0.332 e. The van der Waals surface area contributed by atoms with Crippen molar-refractivity contribution >= 4 is 28.9 Å². The molecule has 3 aromatic carbocycles. The average molecular weight is 566 g/mol. The van der Waals surface area contributed by atoms with E-state index in [-0.39, 0.29) is 30.9 Å². The second-order valence-corrected chi connectivity index (χ2v) is 10.8. The van der Waals surface area contributed by atoms with E-state index in [9.17, 15) is 14.4 Å². The van der Waals surface area contributed by atoms with Crippen LogP contribution in [0.15, 0.2) is 85.2 Å². The van der Waals surface area contributed by atoms with Gasteiger partial charge in [0.2, 0.25) is 11.8 Å². The summed E-state index contributed by atoms with van der Waals surface area (Å²) in [6.45, 7) is 3.50. The number of imidazole rings is 1. The number of H-pyrrole nitrogens is 1. The monoisotopic (exact) mass is 565 g/mol. The van der Waals surface area contributed by atoms with Crippen LogP contribution >= 0.6 is 0 Å². The quantitative estimate of drug-likeness (QED) is 0.323. The molecule has 0 saturated carbocycles. The third kappa shape index (κ3) is 5.45. The maximum atomic E-state index is 14.1. The normalized spacial score (nSPS) is 18.9. The Bertz CT molecular complexity index is 1560. The molecule has 42 heavy (non-hydrogen) atoms. The SMILES string of the molecule is CCCN(C(=O)NCc1ccccc1)N1CC(=O)N2[C@@H](Cc3ccccc3)C(=O)N(Cc3cccc4[nH]cnc34)C[C@@H]21. The Kier molecular flexibility index (Phi) is 7.87. The lowest BCUT2D eigenvalue weighted by molar-refractivity contribution is -0.157. The highest BCUT2D eigenvalue weighted by molar-refractivity contribution is 5.92. The maximum absolute atomic E-state index is 14.1. The zero-order valence-corrected chi connectivity index (χ0v) is 23.6. The molecule has 2 aliphatic rings. The summed E-state index contributed by atoms with van der Waals surface area (Å²) in [5, 5.41) is 6.51. The first-order valence-corrected chi connectivity index (χ1v) is 14.4. The lowest BCUT2D eigenvalue weighted by atomic mass is 10.00. The van der Waals surface area contributed by atoms with Gasteiger partial charge in [0.1, 0.15) is 12.2 Å². The second-order valence-electron chi connectivity index (χ2n) is 10.8. The van der Waals surface area contributed by atoms with Crippen LogP contribution in [0.2, 0.25) is 0 Å². The summed E-state index contributed by atoms with van der Waals surface area (Å²) >= 11 is 0. The lowest BCUT2D eigenvalue weighted by Crippen LogP contribution is -2.66. The Labute approximate surface area is 244 Å². The van der Waals surface area contributed by atoms with E-state index < -0.39 is 12.2 Å². The van der Waals surface area contributed by atoms with Crippen molar-refractivity contribution in [2.75, 3.05) is 19.6 Å². The first kappa shape index (κ1) is 27.5. The van der Waals surface area contributed by atoms with Crippen LogP contribution in [0, 0.1) is 0 Å². The van der Waals surface area contributed by atoms with Gasteiger partial charge >= 0.3 is 6.03 Å². The molecule has 0 spiro atoms. The minimum atomic E-state index is -0.683. The number of fused-ring (bicyclic) bond motifs is 2. The van der Waals surface area contributed by atoms with Crippen LogP contribution in [0.3, 0.4) is 0 Å². The number of nitrogens with one attached hydrogen (secondary N) is 2. The molecule has 0 radical (unpaired) electrons. The first-order valence-electron chi connectivity index (χ1n) is 14.4. The van der Waals surface area contributed by atoms with Gasteiger partial charge in [-0.15, -0.1) is 0 Å². The number of piperazine rings is 1. The Balaban J connectivity index is 1.30. The van der Waals surface area contributed by atoms with E-state index in [1.807, 2.05) is 95.7 Å². The van der Waals surface area contributed by atoms with E-state index in [4.69, 9.17) is 0 Å². The molecular formula is C32H35N7O3. The molecular weight excluding hydrogens is 530 g/mol. The zero-order valence-electron chi connectivity index (χ0n) is 23.6. The largest absolute Gasteiger partial charge is 0.345 e. The third-order valence-corrected chi connectivity index (χ3v) is 8.00. The van der Waals surface area contributed by atoms with Gasteiger partial charge < -0.3 is 20.1 Å². The van der Waals surface area contributed by atoms with Gasteiger partial charge in [0, 0.05) is 26.1 Å². The number of nitrogens with zero attached hydrogens (tertiary/aromatic N) is 5. The molecule has 2 fully saturated rings. The van der Waals surface area contributed by atoms with Gasteiger partial charge in [-0.25, -0.2) is 9.78 Å². The number of rotatable bonds is 9.